The summed E-state index contributed by atoms with van der Waals surface area (Å²) in [7, 11) is 0. The molecule has 10 rings (SSSR count). The summed E-state index contributed by atoms with van der Waals surface area (Å²) in [6.07, 6.45) is 0. The normalized spacial score (nSPS) is 13.3. The zero-order valence-electron chi connectivity index (χ0n) is 34.1. The number of fused-ring (bicyclic) bond motifs is 2. The molecule has 0 fully saturated rings. The Kier molecular flexibility index (Phi) is 11.4. The van der Waals surface area contributed by atoms with Gasteiger partial charge in [-0.25, -0.2) is 20.0 Å². The summed E-state index contributed by atoms with van der Waals surface area (Å²) in [5.41, 5.74) is 7.13. The van der Waals surface area contributed by atoms with Crippen LogP contribution < -0.4 is 10.6 Å². The standard InChI is InChI=1S/C50H31Cl4N7O2S2/c1-25-11-3-5-13-29(25)47(62)60-45-41(49-55-35-15-7-9-17-37(35)64-49)39(31-21-19-27(51)23-33(31)53)43(58-45)57-44-40(32-22-20-28(52)24-34(32)54)42(50-56-36-16-8-10-18-38(36)65-50)46(59-44)61-48(63)30-14-6-4-12-26(30)2/h3-24,58H,1-2H3,(H,60,62)(H,57,59,61,63). The Hall–Kier alpha value is -6.44. The molecule has 0 saturated carbocycles. The second-order valence-electron chi connectivity index (χ2n) is 15.0. The molecule has 0 unspecified atom stereocenters. The molecule has 9 aromatic rings. The molecule has 15 heteroatoms. The number of aryl methyl sites for hydroxylation is 2. The van der Waals surface area contributed by atoms with E-state index in [0.717, 1.165) is 31.6 Å². The number of halogens is 4. The molecule has 0 radical (unpaired) electrons. The number of aliphatic imine (C=N–C) groups is 2. The first-order valence-electron chi connectivity index (χ1n) is 20.1. The number of carbonyl (C=O) groups is 2. The average molecular weight is 968 g/mol. The lowest BCUT2D eigenvalue weighted by Gasteiger charge is -2.12. The van der Waals surface area contributed by atoms with Gasteiger partial charge in [0, 0.05) is 43.4 Å². The van der Waals surface area contributed by atoms with E-state index in [1.54, 1.807) is 48.5 Å². The number of amides is 2. The molecule has 0 aliphatic carbocycles. The van der Waals surface area contributed by atoms with E-state index in [2.05, 4.69) is 15.6 Å². The van der Waals surface area contributed by atoms with Crippen LogP contribution in [0.2, 0.25) is 20.1 Å². The van der Waals surface area contributed by atoms with E-state index < -0.39 is 0 Å². The maximum Gasteiger partial charge on any atom is 0.257 e. The minimum Gasteiger partial charge on any atom is -0.325 e. The maximum atomic E-state index is 14.2. The van der Waals surface area contributed by atoms with Gasteiger partial charge in [-0.3, -0.25) is 9.59 Å². The summed E-state index contributed by atoms with van der Waals surface area (Å²) >= 11 is 30.1. The summed E-state index contributed by atoms with van der Waals surface area (Å²) in [6.45, 7) is 3.75. The van der Waals surface area contributed by atoms with Crippen molar-refractivity contribution in [2.45, 2.75) is 13.8 Å². The Bertz CT molecular complexity index is 3470. The molecule has 6 aromatic carbocycles. The van der Waals surface area contributed by atoms with Crippen molar-refractivity contribution in [2.75, 3.05) is 5.32 Å². The number of benzene rings is 6. The van der Waals surface area contributed by atoms with Gasteiger partial charge in [0.2, 0.25) is 0 Å². The summed E-state index contributed by atoms with van der Waals surface area (Å²) < 4.78 is 1.85. The van der Waals surface area contributed by atoms with Crippen LogP contribution in [0.3, 0.4) is 0 Å². The van der Waals surface area contributed by atoms with E-state index >= 15 is 0 Å². The van der Waals surface area contributed by atoms with Gasteiger partial charge >= 0.3 is 0 Å². The molecular weight excluding hydrogens is 937 g/mol. The summed E-state index contributed by atoms with van der Waals surface area (Å²) in [5, 5.41) is 8.89. The molecule has 318 valence electrons. The minimum atomic E-state index is -0.379. The van der Waals surface area contributed by atoms with Crippen molar-refractivity contribution in [3.63, 3.8) is 0 Å². The van der Waals surface area contributed by atoms with Gasteiger partial charge in [0.05, 0.1) is 41.6 Å². The van der Waals surface area contributed by atoms with Gasteiger partial charge in [0.25, 0.3) is 11.8 Å². The first-order chi connectivity index (χ1) is 31.5. The molecule has 9 nitrogen and oxygen atoms in total. The van der Waals surface area contributed by atoms with Crippen LogP contribution in [-0.2, 0) is 0 Å². The van der Waals surface area contributed by atoms with Gasteiger partial charge in [0.15, 0.2) is 5.84 Å². The lowest BCUT2D eigenvalue weighted by molar-refractivity contribution is 0.0975. The van der Waals surface area contributed by atoms with Gasteiger partial charge < -0.3 is 15.6 Å². The molecule has 0 spiro atoms. The lowest BCUT2D eigenvalue weighted by Crippen LogP contribution is -2.31. The van der Waals surface area contributed by atoms with Gasteiger partial charge in [-0.05, 0) is 85.6 Å². The fraction of sp³-hybridized carbons (Fsp3) is 0.0400. The number of amidine groups is 2. The number of anilines is 1. The first-order valence-corrected chi connectivity index (χ1v) is 23.2. The third kappa shape index (κ3) is 8.16. The minimum absolute atomic E-state index is 0.170. The van der Waals surface area contributed by atoms with Crippen LogP contribution in [0.5, 0.6) is 0 Å². The van der Waals surface area contributed by atoms with Crippen molar-refractivity contribution >= 4 is 136 Å². The molecule has 1 aliphatic rings. The smallest absolute Gasteiger partial charge is 0.257 e. The highest BCUT2D eigenvalue weighted by Crippen LogP contribution is 2.50. The monoisotopic (exact) mass is 965 g/mol. The van der Waals surface area contributed by atoms with Gasteiger partial charge in [-0.1, -0.05) is 119 Å². The van der Waals surface area contributed by atoms with Gasteiger partial charge in [0.1, 0.15) is 27.5 Å². The Labute approximate surface area is 400 Å². The molecule has 3 aromatic heterocycles. The van der Waals surface area contributed by atoms with Gasteiger partial charge in [-0.15, -0.1) is 22.7 Å². The molecule has 4 heterocycles. The fourth-order valence-electron chi connectivity index (χ4n) is 7.68. The lowest BCUT2D eigenvalue weighted by atomic mass is 9.99. The fourth-order valence-corrected chi connectivity index (χ4v) is 10.7. The van der Waals surface area contributed by atoms with E-state index in [1.807, 2.05) is 98.8 Å². The van der Waals surface area contributed by atoms with E-state index in [0.29, 0.717) is 80.5 Å². The number of para-hydroxylation sites is 2. The number of aromatic amines is 1. The van der Waals surface area contributed by atoms with E-state index in [9.17, 15) is 9.59 Å². The predicted octanol–water partition coefficient (Wildman–Crippen LogP) is 14.5. The van der Waals surface area contributed by atoms with Crippen molar-refractivity contribution in [1.82, 2.24) is 20.3 Å². The van der Waals surface area contributed by atoms with Crippen LogP contribution >= 0.6 is 69.1 Å². The number of H-pyrrole nitrogens is 1. The van der Waals surface area contributed by atoms with Crippen LogP contribution in [0.15, 0.2) is 143 Å². The molecule has 0 bridgehead atoms. The molecule has 0 saturated heterocycles. The maximum absolute atomic E-state index is 14.2. The number of thiazole rings is 2. The zero-order valence-corrected chi connectivity index (χ0v) is 38.8. The number of rotatable bonds is 8. The largest absolute Gasteiger partial charge is 0.325 e. The number of hydrogen-bond donors (Lipinski definition) is 3. The van der Waals surface area contributed by atoms with E-state index in [-0.39, 0.29) is 29.3 Å². The highest BCUT2D eigenvalue weighted by Gasteiger charge is 2.34. The van der Waals surface area contributed by atoms with Gasteiger partial charge in [-0.2, -0.15) is 0 Å². The van der Waals surface area contributed by atoms with E-state index in [1.165, 1.54) is 22.7 Å². The van der Waals surface area contributed by atoms with Crippen molar-refractivity contribution in [3.8, 4) is 21.7 Å². The quantitative estimate of drug-likeness (QED) is 0.140. The number of carbonyl (C=O) groups excluding carboxylic acids is 2. The summed E-state index contributed by atoms with van der Waals surface area (Å²) in [4.78, 5) is 52.5. The van der Waals surface area contributed by atoms with E-state index in [4.69, 9.17) is 66.4 Å². The Morgan fingerprint density at radius 2 is 1.11 bits per heavy atom. The number of aromatic nitrogens is 3. The van der Waals surface area contributed by atoms with Crippen LogP contribution in [0, 0.1) is 13.8 Å². The Balaban J connectivity index is 1.27. The van der Waals surface area contributed by atoms with Crippen molar-refractivity contribution in [2.24, 2.45) is 9.98 Å². The third-order valence-electron chi connectivity index (χ3n) is 10.8. The molecule has 3 N–H and O–H groups in total. The number of nitrogens with zero attached hydrogens (tertiary/aromatic N) is 4. The summed E-state index contributed by atoms with van der Waals surface area (Å²) in [5.74, 6) is 0.217. The Morgan fingerprint density at radius 3 is 1.69 bits per heavy atom. The molecule has 2 amide bonds. The van der Waals surface area contributed by atoms with Crippen molar-refractivity contribution in [3.05, 3.63) is 186 Å². The SMILES string of the molecule is Cc1ccccc1C(=O)NC1=NC(=Nc2[nH]c(NC(=O)c3ccccc3C)c(-c3nc4ccccc4s3)c2-c2ccc(Cl)cc2Cl)C(c2ccc(Cl)cc2Cl)=C1c1nc2ccccc2s1. The number of nitrogens with one attached hydrogen (secondary N) is 3. The van der Waals surface area contributed by atoms with Crippen LogP contribution in [0.1, 0.15) is 42.4 Å². The van der Waals surface area contributed by atoms with Crippen molar-refractivity contribution < 1.29 is 9.59 Å². The number of hydrogen-bond acceptors (Lipinski definition) is 7. The third-order valence-corrected chi connectivity index (χ3v) is 14.0. The highest BCUT2D eigenvalue weighted by molar-refractivity contribution is 7.21. The van der Waals surface area contributed by atoms with Crippen molar-refractivity contribution in [1.29, 1.82) is 0 Å². The second kappa shape index (κ2) is 17.5. The second-order valence-corrected chi connectivity index (χ2v) is 18.8. The Morgan fingerprint density at radius 1 is 0.585 bits per heavy atom. The topological polar surface area (TPSA) is 124 Å². The zero-order chi connectivity index (χ0) is 44.9. The summed E-state index contributed by atoms with van der Waals surface area (Å²) in [6, 6.07) is 40.5. The predicted molar refractivity (Wildman–Crippen MR) is 270 cm³/mol. The molecular formula is C50H31Cl4N7O2S2. The van der Waals surface area contributed by atoms with Crippen LogP contribution in [0.25, 0.3) is 53.3 Å². The molecule has 65 heavy (non-hydrogen) atoms. The van der Waals surface area contributed by atoms with Crippen LogP contribution in [-0.4, -0.2) is 38.4 Å². The first kappa shape index (κ1) is 42.5. The average Bonchev–Trinajstić information content (AvgIpc) is 4.07. The van der Waals surface area contributed by atoms with Crippen LogP contribution in [0.4, 0.5) is 11.6 Å². The highest BCUT2D eigenvalue weighted by atomic mass is 35.5. The molecule has 1 aliphatic heterocycles. The molecule has 0 atom stereocenters.